The van der Waals surface area contributed by atoms with E-state index in [4.69, 9.17) is 19.4 Å². The number of carbonyl (C=O) groups excluding carboxylic acids is 2. The molecule has 8 bridgehead atoms. The third kappa shape index (κ3) is 7.54. The van der Waals surface area contributed by atoms with Crippen LogP contribution >= 0.6 is 0 Å². The predicted octanol–water partition coefficient (Wildman–Crippen LogP) is 3.24. The van der Waals surface area contributed by atoms with Gasteiger partial charge >= 0.3 is 23.9 Å². The number of carboxylic acid groups (broad SMARTS) is 2. The second-order valence-corrected chi connectivity index (χ2v) is 10.2. The Bertz CT molecular complexity index is 1710. The highest BCUT2D eigenvalue weighted by atomic mass is 16.5. The molecule has 4 aromatic heterocycles. The summed E-state index contributed by atoms with van der Waals surface area (Å²) in [5.74, 6) is -3.50. The van der Waals surface area contributed by atoms with Gasteiger partial charge in [-0.3, -0.25) is 0 Å². The molecule has 0 aromatic carbocycles. The average Bonchev–Trinajstić information content (AvgIpc) is 3.04. The molecule has 0 spiro atoms. The highest BCUT2D eigenvalue weighted by Gasteiger charge is 2.19. The second-order valence-electron chi connectivity index (χ2n) is 10.2. The first-order valence-corrected chi connectivity index (χ1v) is 14.4. The maximum Gasteiger partial charge on any atom is 0.338 e. The van der Waals surface area contributed by atoms with E-state index in [9.17, 15) is 29.4 Å². The molecule has 0 saturated carbocycles. The minimum atomic E-state index is -1.19. The van der Waals surface area contributed by atoms with Crippen LogP contribution < -0.4 is 10.6 Å². The zero-order valence-corrected chi connectivity index (χ0v) is 25.0. The molecule has 0 amide bonds. The molecule has 14 nitrogen and oxygen atoms in total. The van der Waals surface area contributed by atoms with Crippen molar-refractivity contribution in [1.82, 2.24) is 30.6 Å². The van der Waals surface area contributed by atoms with Crippen LogP contribution in [0.1, 0.15) is 78.1 Å². The van der Waals surface area contributed by atoms with Crippen molar-refractivity contribution in [3.05, 3.63) is 93.6 Å². The minimum absolute atomic E-state index is 0.0508. The Balaban J connectivity index is 1.65. The highest BCUT2D eigenvalue weighted by molar-refractivity contribution is 5.93. The van der Waals surface area contributed by atoms with Crippen molar-refractivity contribution in [2.75, 3.05) is 13.2 Å². The van der Waals surface area contributed by atoms with Crippen LogP contribution in [-0.2, 0) is 35.7 Å². The van der Waals surface area contributed by atoms with Crippen molar-refractivity contribution in [3.8, 4) is 22.8 Å². The lowest BCUT2D eigenvalue weighted by molar-refractivity contribution is 0.0516. The highest BCUT2D eigenvalue weighted by Crippen LogP contribution is 2.23. The van der Waals surface area contributed by atoms with Gasteiger partial charge in [0.2, 0.25) is 0 Å². The summed E-state index contributed by atoms with van der Waals surface area (Å²) in [5, 5.41) is 25.9. The summed E-state index contributed by atoms with van der Waals surface area (Å²) in [5.41, 5.74) is 2.94. The number of nitrogens with one attached hydrogen (secondary N) is 2. The number of aromatic carboxylic acids is 2. The Hall–Kier alpha value is -5.60. The van der Waals surface area contributed by atoms with Crippen LogP contribution in [0.4, 0.5) is 0 Å². The quantitative estimate of drug-likeness (QED) is 0.227. The Kier molecular flexibility index (Phi) is 9.69. The van der Waals surface area contributed by atoms with Crippen LogP contribution in [0, 0.1) is 0 Å². The van der Waals surface area contributed by atoms with Gasteiger partial charge in [0.15, 0.2) is 0 Å². The van der Waals surface area contributed by atoms with Gasteiger partial charge in [0.1, 0.15) is 0 Å². The number of hydrogen-bond acceptors (Lipinski definition) is 12. The van der Waals surface area contributed by atoms with E-state index in [1.165, 1.54) is 36.4 Å². The van der Waals surface area contributed by atoms with Crippen LogP contribution in [0.25, 0.3) is 22.8 Å². The Morgan fingerprint density at radius 1 is 0.543 bits per heavy atom. The molecular formula is C32H30N6O8. The lowest BCUT2D eigenvalue weighted by atomic mass is 10.1. The van der Waals surface area contributed by atoms with Crippen LogP contribution in [0.3, 0.4) is 0 Å². The number of esters is 2. The van der Waals surface area contributed by atoms with E-state index < -0.39 is 23.9 Å². The van der Waals surface area contributed by atoms with Gasteiger partial charge in [-0.2, -0.15) is 0 Å². The lowest BCUT2D eigenvalue weighted by Gasteiger charge is -2.14. The SMILES string of the molecule is CCOC(=O)c1cc2nc(c1)-c1cc(C(=O)OCC)cc(n1)CNCc1cc(C(=O)O)cc(n1)-c1cc(C(=O)O)cc(n1)CNC2. The molecule has 0 fully saturated rings. The molecule has 5 rings (SSSR count). The number of carbonyl (C=O) groups is 4. The molecule has 0 aliphatic carbocycles. The average molecular weight is 627 g/mol. The molecule has 0 atom stereocenters. The molecule has 4 N–H and O–H groups in total. The van der Waals surface area contributed by atoms with Gasteiger partial charge in [0.25, 0.3) is 0 Å². The molecule has 0 unspecified atom stereocenters. The van der Waals surface area contributed by atoms with Crippen LogP contribution in [0.15, 0.2) is 48.5 Å². The van der Waals surface area contributed by atoms with Gasteiger partial charge in [0.05, 0.1) is 81.0 Å². The summed E-state index contributed by atoms with van der Waals surface area (Å²) in [4.78, 5) is 68.0. The molecule has 14 heteroatoms. The molecule has 4 aromatic rings. The van der Waals surface area contributed by atoms with Crippen LogP contribution in [-0.4, -0.2) is 67.2 Å². The molecule has 0 saturated heterocycles. The van der Waals surface area contributed by atoms with Gasteiger partial charge in [-0.1, -0.05) is 0 Å². The zero-order chi connectivity index (χ0) is 32.8. The minimum Gasteiger partial charge on any atom is -0.478 e. The number of hydrogen-bond donors (Lipinski definition) is 4. The molecule has 0 radical (unpaired) electrons. The summed E-state index contributed by atoms with van der Waals surface area (Å²) >= 11 is 0. The Labute approximate surface area is 262 Å². The third-order valence-electron chi connectivity index (χ3n) is 6.78. The predicted molar refractivity (Wildman–Crippen MR) is 162 cm³/mol. The van der Waals surface area contributed by atoms with Crippen molar-refractivity contribution < 1.29 is 38.9 Å². The Morgan fingerprint density at radius 2 is 0.826 bits per heavy atom. The van der Waals surface area contributed by atoms with E-state index in [0.29, 0.717) is 34.2 Å². The zero-order valence-electron chi connectivity index (χ0n) is 25.0. The number of rotatable bonds is 6. The van der Waals surface area contributed by atoms with Crippen molar-refractivity contribution in [3.63, 3.8) is 0 Å². The van der Waals surface area contributed by atoms with Gasteiger partial charge < -0.3 is 30.3 Å². The first kappa shape index (κ1) is 31.8. The van der Waals surface area contributed by atoms with E-state index in [1.54, 1.807) is 26.0 Å². The molecule has 1 aliphatic heterocycles. The largest absolute Gasteiger partial charge is 0.478 e. The van der Waals surface area contributed by atoms with E-state index in [0.717, 1.165) is 0 Å². The fraction of sp³-hybridized carbons (Fsp3) is 0.250. The van der Waals surface area contributed by atoms with Gasteiger partial charge in [0, 0.05) is 26.2 Å². The number of ether oxygens (including phenoxy) is 2. The van der Waals surface area contributed by atoms with E-state index in [-0.39, 0.29) is 73.0 Å². The fourth-order valence-corrected chi connectivity index (χ4v) is 4.79. The van der Waals surface area contributed by atoms with Crippen molar-refractivity contribution in [1.29, 1.82) is 0 Å². The summed E-state index contributed by atoms with van der Waals surface area (Å²) in [6.07, 6.45) is 0. The van der Waals surface area contributed by atoms with Crippen LogP contribution in [0.5, 0.6) is 0 Å². The van der Waals surface area contributed by atoms with Gasteiger partial charge in [-0.05, 0) is 62.4 Å². The molecule has 1 aliphatic rings. The summed E-state index contributed by atoms with van der Waals surface area (Å²) in [6, 6.07) is 11.7. The maximum absolute atomic E-state index is 12.8. The normalized spacial score (nSPS) is 12.7. The summed E-state index contributed by atoms with van der Waals surface area (Å²) in [7, 11) is 0. The lowest BCUT2D eigenvalue weighted by Crippen LogP contribution is -2.18. The molecular weight excluding hydrogens is 596 g/mol. The molecule has 46 heavy (non-hydrogen) atoms. The summed E-state index contributed by atoms with van der Waals surface area (Å²) < 4.78 is 10.5. The molecule has 236 valence electrons. The maximum atomic E-state index is 12.8. The van der Waals surface area contributed by atoms with Crippen LogP contribution in [0.2, 0.25) is 0 Å². The number of carboxylic acids is 2. The van der Waals surface area contributed by atoms with Crippen molar-refractivity contribution in [2.45, 2.75) is 40.0 Å². The standard InChI is InChI=1S/C32H30N6O8/c1-3-45-31(43)19-7-23-15-33-13-21-5-17(29(39)40)9-25(35-21)26-10-18(30(41)42)6-22(36-26)14-34-16-24-8-20(32(44)46-4-2)12-28(38-24)27(11-19)37-23/h5-12,33-34H,3-4,13-16H2,1-2H3,(H,39,40)(H,41,42). The van der Waals surface area contributed by atoms with E-state index >= 15 is 0 Å². The fourth-order valence-electron chi connectivity index (χ4n) is 4.79. The number of aromatic nitrogens is 4. The smallest absolute Gasteiger partial charge is 0.338 e. The summed E-state index contributed by atoms with van der Waals surface area (Å²) in [6.45, 7) is 4.19. The number of fused-ring (bicyclic) bond motifs is 10. The van der Waals surface area contributed by atoms with Gasteiger partial charge in [-0.25, -0.2) is 39.1 Å². The second kappa shape index (κ2) is 14.0. The Morgan fingerprint density at radius 3 is 1.11 bits per heavy atom. The number of nitrogens with zero attached hydrogens (tertiary/aromatic N) is 4. The van der Waals surface area contributed by atoms with Crippen molar-refractivity contribution >= 4 is 23.9 Å². The monoisotopic (exact) mass is 626 g/mol. The first-order chi connectivity index (χ1) is 22.1. The van der Waals surface area contributed by atoms with E-state index in [2.05, 4.69) is 20.6 Å². The molecule has 5 heterocycles. The van der Waals surface area contributed by atoms with E-state index in [1.807, 2.05) is 0 Å². The van der Waals surface area contributed by atoms with Gasteiger partial charge in [-0.15, -0.1) is 0 Å². The first-order valence-electron chi connectivity index (χ1n) is 14.4. The third-order valence-corrected chi connectivity index (χ3v) is 6.78. The topological polar surface area (TPSA) is 203 Å². The van der Waals surface area contributed by atoms with Crippen molar-refractivity contribution in [2.24, 2.45) is 0 Å². The number of pyridine rings is 4.